The molecule has 0 spiro atoms. The van der Waals surface area contributed by atoms with Crippen LogP contribution in [-0.2, 0) is 20.0 Å². The molecule has 1 atom stereocenters. The van der Waals surface area contributed by atoms with Crippen LogP contribution in [0.2, 0.25) is 0 Å². The van der Waals surface area contributed by atoms with Crippen molar-refractivity contribution >= 4 is 17.7 Å². The second-order valence-electron chi connectivity index (χ2n) is 6.64. The lowest BCUT2D eigenvalue weighted by Gasteiger charge is -2.27. The maximum absolute atomic E-state index is 12.7. The average Bonchev–Trinajstić information content (AvgIpc) is 2.77. The van der Waals surface area contributed by atoms with E-state index in [1.54, 1.807) is 38.9 Å². The number of nitriles is 1. The minimum atomic E-state index is -0.692. The SMILES string of the molecule is CCOC(=O)C1=C(C)OC(N)=C(C#N)[C@H]1c1ccc(OC)c(CSc2ccccn2)c1. The van der Waals surface area contributed by atoms with Crippen LogP contribution in [0.3, 0.4) is 0 Å². The number of hydrogen-bond donors (Lipinski definition) is 1. The van der Waals surface area contributed by atoms with Crippen LogP contribution in [0.5, 0.6) is 5.75 Å². The highest BCUT2D eigenvalue weighted by molar-refractivity contribution is 7.98. The number of allylic oxidation sites excluding steroid dienone is 2. The van der Waals surface area contributed by atoms with Gasteiger partial charge in [0.05, 0.1) is 30.2 Å². The summed E-state index contributed by atoms with van der Waals surface area (Å²) in [5, 5.41) is 10.6. The van der Waals surface area contributed by atoms with E-state index in [0.717, 1.165) is 16.2 Å². The maximum atomic E-state index is 12.7. The average molecular weight is 438 g/mol. The highest BCUT2D eigenvalue weighted by Gasteiger charge is 2.36. The largest absolute Gasteiger partial charge is 0.496 e. The minimum Gasteiger partial charge on any atom is -0.496 e. The lowest BCUT2D eigenvalue weighted by atomic mass is 9.82. The van der Waals surface area contributed by atoms with E-state index in [0.29, 0.717) is 17.3 Å². The summed E-state index contributed by atoms with van der Waals surface area (Å²) in [5.41, 5.74) is 8.04. The molecule has 2 N–H and O–H groups in total. The third kappa shape index (κ3) is 4.84. The van der Waals surface area contributed by atoms with Gasteiger partial charge in [0.15, 0.2) is 0 Å². The highest BCUT2D eigenvalue weighted by Crippen LogP contribution is 2.41. The molecule has 3 rings (SSSR count). The summed E-state index contributed by atoms with van der Waals surface area (Å²) in [7, 11) is 1.60. The van der Waals surface area contributed by atoms with Crippen LogP contribution in [0.4, 0.5) is 0 Å². The number of aromatic nitrogens is 1. The Morgan fingerprint density at radius 1 is 1.35 bits per heavy atom. The van der Waals surface area contributed by atoms with E-state index in [-0.39, 0.29) is 23.6 Å². The summed E-state index contributed by atoms with van der Waals surface area (Å²) in [4.78, 5) is 17.0. The molecule has 2 aromatic rings. The molecule has 31 heavy (non-hydrogen) atoms. The number of benzene rings is 1. The lowest BCUT2D eigenvalue weighted by Crippen LogP contribution is -2.25. The molecule has 2 heterocycles. The van der Waals surface area contributed by atoms with Gasteiger partial charge in [-0.25, -0.2) is 9.78 Å². The standard InChI is InChI=1S/C23H23N3O4S/c1-4-29-23(27)20-14(2)30-22(25)17(12-24)21(20)15-8-9-18(28-3)16(11-15)13-31-19-7-5-6-10-26-19/h5-11,21H,4,13,25H2,1-3H3/t21-/m1/s1. The molecule has 0 saturated carbocycles. The fourth-order valence-corrected chi connectivity index (χ4v) is 4.20. The normalized spacial score (nSPS) is 15.9. The second kappa shape index (κ2) is 10.0. The van der Waals surface area contributed by atoms with Gasteiger partial charge in [0.25, 0.3) is 0 Å². The number of nitrogens with zero attached hydrogens (tertiary/aromatic N) is 2. The van der Waals surface area contributed by atoms with Crippen molar-refractivity contribution in [3.8, 4) is 11.8 Å². The Morgan fingerprint density at radius 2 is 2.16 bits per heavy atom. The maximum Gasteiger partial charge on any atom is 0.338 e. The zero-order valence-electron chi connectivity index (χ0n) is 17.5. The van der Waals surface area contributed by atoms with Gasteiger partial charge in [0, 0.05) is 17.5 Å². The van der Waals surface area contributed by atoms with Crippen molar-refractivity contribution in [1.29, 1.82) is 5.26 Å². The van der Waals surface area contributed by atoms with Crippen LogP contribution in [-0.4, -0.2) is 24.7 Å². The Morgan fingerprint density at radius 3 is 2.81 bits per heavy atom. The van der Waals surface area contributed by atoms with Crippen LogP contribution in [0.1, 0.15) is 30.9 Å². The van der Waals surface area contributed by atoms with Crippen molar-refractivity contribution in [1.82, 2.24) is 4.98 Å². The number of methoxy groups -OCH3 is 1. The molecule has 160 valence electrons. The quantitative estimate of drug-likeness (QED) is 0.511. The number of carbonyl (C=O) groups excluding carboxylic acids is 1. The summed E-state index contributed by atoms with van der Waals surface area (Å²) in [6.45, 7) is 3.57. The third-order valence-electron chi connectivity index (χ3n) is 4.75. The van der Waals surface area contributed by atoms with Crippen molar-refractivity contribution < 1.29 is 19.0 Å². The summed E-state index contributed by atoms with van der Waals surface area (Å²) in [5.74, 6) is 0.370. The first-order chi connectivity index (χ1) is 15.0. The smallest absolute Gasteiger partial charge is 0.338 e. The highest BCUT2D eigenvalue weighted by atomic mass is 32.2. The fourth-order valence-electron chi connectivity index (χ4n) is 3.36. The number of rotatable bonds is 7. The van der Waals surface area contributed by atoms with Crippen LogP contribution >= 0.6 is 11.8 Å². The second-order valence-corrected chi connectivity index (χ2v) is 7.64. The number of carbonyl (C=O) groups is 1. The molecular weight excluding hydrogens is 414 g/mol. The summed E-state index contributed by atoms with van der Waals surface area (Å²) in [6.07, 6.45) is 1.74. The Balaban J connectivity index is 2.04. The summed E-state index contributed by atoms with van der Waals surface area (Å²) >= 11 is 1.56. The van der Waals surface area contributed by atoms with Gasteiger partial charge in [0.1, 0.15) is 23.2 Å². The van der Waals surface area contributed by atoms with Gasteiger partial charge < -0.3 is 19.9 Å². The molecule has 7 nitrogen and oxygen atoms in total. The van der Waals surface area contributed by atoms with Gasteiger partial charge in [0.2, 0.25) is 5.88 Å². The van der Waals surface area contributed by atoms with Gasteiger partial charge in [-0.2, -0.15) is 5.26 Å². The fraction of sp³-hybridized carbons (Fsp3) is 0.261. The first-order valence-electron chi connectivity index (χ1n) is 9.66. The van der Waals surface area contributed by atoms with Crippen molar-refractivity contribution in [2.75, 3.05) is 13.7 Å². The lowest BCUT2D eigenvalue weighted by molar-refractivity contribution is -0.139. The zero-order valence-corrected chi connectivity index (χ0v) is 18.4. The van der Waals surface area contributed by atoms with Crippen LogP contribution < -0.4 is 10.5 Å². The van der Waals surface area contributed by atoms with E-state index >= 15 is 0 Å². The van der Waals surface area contributed by atoms with E-state index in [9.17, 15) is 10.1 Å². The number of hydrogen-bond acceptors (Lipinski definition) is 8. The first-order valence-corrected chi connectivity index (χ1v) is 10.6. The minimum absolute atomic E-state index is 0.0155. The number of esters is 1. The molecule has 1 aromatic heterocycles. The molecule has 0 fully saturated rings. The molecule has 0 radical (unpaired) electrons. The molecule has 1 aliphatic heterocycles. The predicted molar refractivity (Wildman–Crippen MR) is 117 cm³/mol. The Kier molecular flexibility index (Phi) is 7.21. The van der Waals surface area contributed by atoms with E-state index in [2.05, 4.69) is 11.1 Å². The van der Waals surface area contributed by atoms with Gasteiger partial charge in [-0.05, 0) is 37.6 Å². The molecule has 0 amide bonds. The first kappa shape index (κ1) is 22.2. The third-order valence-corrected chi connectivity index (χ3v) is 5.74. The molecule has 0 bridgehead atoms. The number of pyridine rings is 1. The summed E-state index contributed by atoms with van der Waals surface area (Å²) < 4.78 is 16.2. The van der Waals surface area contributed by atoms with E-state index in [1.807, 2.05) is 36.4 Å². The molecule has 8 heteroatoms. The van der Waals surface area contributed by atoms with Gasteiger partial charge >= 0.3 is 5.97 Å². The predicted octanol–water partition coefficient (Wildman–Crippen LogP) is 4.03. The van der Waals surface area contributed by atoms with Crippen molar-refractivity contribution in [2.45, 2.75) is 30.5 Å². The van der Waals surface area contributed by atoms with Crippen LogP contribution in [0, 0.1) is 11.3 Å². The molecule has 0 saturated heterocycles. The Hall–Kier alpha value is -3.44. The topological polar surface area (TPSA) is 107 Å². The van der Waals surface area contributed by atoms with Gasteiger partial charge in [-0.3, -0.25) is 0 Å². The number of ether oxygens (including phenoxy) is 3. The van der Waals surface area contributed by atoms with Gasteiger partial charge in [-0.1, -0.05) is 18.2 Å². The van der Waals surface area contributed by atoms with Crippen molar-refractivity contribution in [2.24, 2.45) is 5.73 Å². The summed E-state index contributed by atoms with van der Waals surface area (Å²) in [6, 6.07) is 13.4. The number of nitrogens with two attached hydrogens (primary N) is 1. The molecular formula is C23H23N3O4S. The zero-order chi connectivity index (χ0) is 22.4. The van der Waals surface area contributed by atoms with Crippen molar-refractivity contribution in [3.05, 3.63) is 76.5 Å². The van der Waals surface area contributed by atoms with E-state index in [4.69, 9.17) is 19.9 Å². The van der Waals surface area contributed by atoms with Crippen LogP contribution in [0.25, 0.3) is 0 Å². The Bertz CT molecular complexity index is 1070. The molecule has 1 aromatic carbocycles. The van der Waals surface area contributed by atoms with Gasteiger partial charge in [-0.15, -0.1) is 11.8 Å². The number of thioether (sulfide) groups is 1. The molecule has 0 aliphatic carbocycles. The Labute approximate surface area is 185 Å². The molecule has 1 aliphatic rings. The van der Waals surface area contributed by atoms with E-state index < -0.39 is 11.9 Å². The monoisotopic (exact) mass is 437 g/mol. The van der Waals surface area contributed by atoms with Crippen LogP contribution in [0.15, 0.2) is 70.4 Å². The molecule has 0 unspecified atom stereocenters. The van der Waals surface area contributed by atoms with Crippen molar-refractivity contribution in [3.63, 3.8) is 0 Å². The van der Waals surface area contributed by atoms with E-state index in [1.165, 1.54) is 0 Å².